The summed E-state index contributed by atoms with van der Waals surface area (Å²) in [7, 11) is 0. The molecule has 1 amide bonds. The molecule has 108 valence electrons. The van der Waals surface area contributed by atoms with Gasteiger partial charge in [0, 0.05) is 17.4 Å². The topological polar surface area (TPSA) is 99.6 Å². The van der Waals surface area contributed by atoms with Crippen molar-refractivity contribution >= 4 is 23.0 Å². The van der Waals surface area contributed by atoms with Crippen LogP contribution in [0.4, 0.5) is 21.5 Å². The molecule has 0 aromatic heterocycles. The van der Waals surface area contributed by atoms with Crippen molar-refractivity contribution in [2.75, 3.05) is 17.8 Å². The molecule has 1 aliphatic rings. The predicted molar refractivity (Wildman–Crippen MR) is 75.2 cm³/mol. The van der Waals surface area contributed by atoms with Gasteiger partial charge in [0.2, 0.25) is 6.79 Å². The highest BCUT2D eigenvalue weighted by Gasteiger charge is 2.15. The third-order valence-electron chi connectivity index (χ3n) is 3.06. The number of hydrogen-bond donors (Lipinski definition) is 3. The van der Waals surface area contributed by atoms with Crippen LogP contribution in [-0.2, 0) is 0 Å². The molecule has 0 bridgehead atoms. The van der Waals surface area contributed by atoms with Gasteiger partial charge >= 0.3 is 0 Å². The average molecular weight is 289 g/mol. The summed E-state index contributed by atoms with van der Waals surface area (Å²) >= 11 is 0. The summed E-state index contributed by atoms with van der Waals surface area (Å²) in [5.41, 5.74) is 11.5. The first kappa shape index (κ1) is 13.0. The van der Waals surface area contributed by atoms with E-state index in [1.807, 2.05) is 0 Å². The first-order valence-electron chi connectivity index (χ1n) is 6.10. The molecule has 0 spiro atoms. The average Bonchev–Trinajstić information content (AvgIpc) is 2.88. The van der Waals surface area contributed by atoms with E-state index in [-0.39, 0.29) is 23.7 Å². The lowest BCUT2D eigenvalue weighted by atomic mass is 10.1. The Morgan fingerprint density at radius 3 is 2.71 bits per heavy atom. The van der Waals surface area contributed by atoms with Gasteiger partial charge in [0.05, 0.1) is 11.3 Å². The first-order chi connectivity index (χ1) is 10.0. The van der Waals surface area contributed by atoms with Crippen molar-refractivity contribution in [1.29, 1.82) is 0 Å². The summed E-state index contributed by atoms with van der Waals surface area (Å²) in [4.78, 5) is 11.2. The molecule has 6 nitrogen and oxygen atoms in total. The normalized spacial score (nSPS) is 12.2. The molecular weight excluding hydrogens is 277 g/mol. The Kier molecular flexibility index (Phi) is 3.02. The fraction of sp³-hybridized carbons (Fsp3) is 0.0714. The van der Waals surface area contributed by atoms with Crippen LogP contribution in [0.3, 0.4) is 0 Å². The molecule has 0 aliphatic carbocycles. The van der Waals surface area contributed by atoms with Crippen LogP contribution >= 0.6 is 0 Å². The lowest BCUT2D eigenvalue weighted by Gasteiger charge is -2.11. The maximum absolute atomic E-state index is 13.9. The number of hydrogen-bond acceptors (Lipinski definition) is 5. The van der Waals surface area contributed by atoms with Crippen LogP contribution in [-0.4, -0.2) is 12.7 Å². The number of rotatable bonds is 3. The highest BCUT2D eigenvalue weighted by atomic mass is 19.1. The lowest BCUT2D eigenvalue weighted by Crippen LogP contribution is -2.14. The number of nitrogens with one attached hydrogen (secondary N) is 1. The van der Waals surface area contributed by atoms with E-state index in [0.717, 1.165) is 6.07 Å². The maximum Gasteiger partial charge on any atom is 0.250 e. The van der Waals surface area contributed by atoms with E-state index in [4.69, 9.17) is 20.9 Å². The Balaban J connectivity index is 1.94. The number of nitrogen functional groups attached to an aromatic ring is 1. The highest BCUT2D eigenvalue weighted by molar-refractivity contribution is 5.99. The van der Waals surface area contributed by atoms with E-state index in [1.165, 1.54) is 6.07 Å². The second-order valence-electron chi connectivity index (χ2n) is 4.48. The Morgan fingerprint density at radius 1 is 1.19 bits per heavy atom. The smallest absolute Gasteiger partial charge is 0.250 e. The van der Waals surface area contributed by atoms with Crippen molar-refractivity contribution in [3.8, 4) is 11.5 Å². The van der Waals surface area contributed by atoms with Crippen LogP contribution in [0.2, 0.25) is 0 Å². The van der Waals surface area contributed by atoms with E-state index < -0.39 is 11.7 Å². The Morgan fingerprint density at radius 2 is 1.95 bits per heavy atom. The van der Waals surface area contributed by atoms with Crippen LogP contribution in [0.15, 0.2) is 30.3 Å². The quantitative estimate of drug-likeness (QED) is 0.750. The number of fused-ring (bicyclic) bond motifs is 1. The second kappa shape index (κ2) is 4.86. The monoisotopic (exact) mass is 289 g/mol. The Hall–Kier alpha value is -2.96. The second-order valence-corrected chi connectivity index (χ2v) is 4.48. The van der Waals surface area contributed by atoms with Crippen molar-refractivity contribution in [2.24, 2.45) is 5.73 Å². The fourth-order valence-electron chi connectivity index (χ4n) is 2.03. The number of anilines is 3. The van der Waals surface area contributed by atoms with Gasteiger partial charge in [-0.05, 0) is 24.3 Å². The molecule has 21 heavy (non-hydrogen) atoms. The van der Waals surface area contributed by atoms with Gasteiger partial charge in [-0.2, -0.15) is 0 Å². The number of amides is 1. The molecule has 0 fully saturated rings. The summed E-state index contributed by atoms with van der Waals surface area (Å²) in [6.45, 7) is 0.154. The minimum absolute atomic E-state index is 0.00348. The van der Waals surface area contributed by atoms with Crippen molar-refractivity contribution < 1.29 is 18.7 Å². The van der Waals surface area contributed by atoms with Gasteiger partial charge in [0.1, 0.15) is 5.82 Å². The van der Waals surface area contributed by atoms with Gasteiger partial charge in [0.25, 0.3) is 5.91 Å². The molecule has 1 aliphatic heterocycles. The van der Waals surface area contributed by atoms with Crippen molar-refractivity contribution in [3.63, 3.8) is 0 Å². The predicted octanol–water partition coefficient (Wildman–Crippen LogP) is 1.98. The molecule has 2 aromatic carbocycles. The van der Waals surface area contributed by atoms with E-state index in [9.17, 15) is 9.18 Å². The zero-order chi connectivity index (χ0) is 15.0. The number of primary amides is 1. The fourth-order valence-corrected chi connectivity index (χ4v) is 2.03. The number of ether oxygens (including phenoxy) is 2. The molecule has 0 unspecified atom stereocenters. The molecule has 5 N–H and O–H groups in total. The van der Waals surface area contributed by atoms with Gasteiger partial charge in [0.15, 0.2) is 11.5 Å². The van der Waals surface area contributed by atoms with E-state index in [1.54, 1.807) is 18.2 Å². The maximum atomic E-state index is 13.9. The van der Waals surface area contributed by atoms with Gasteiger partial charge in [-0.1, -0.05) is 0 Å². The largest absolute Gasteiger partial charge is 0.454 e. The molecule has 0 radical (unpaired) electrons. The molecule has 0 atom stereocenters. The number of halogens is 1. The van der Waals surface area contributed by atoms with Gasteiger partial charge < -0.3 is 26.3 Å². The standard InChI is InChI=1S/C14H12FN3O3/c15-9-5-10(16)8(14(17)19)4-11(9)18-7-1-2-12-13(3-7)21-6-20-12/h1-5,18H,6,16H2,(H2,17,19). The molecule has 7 heteroatoms. The summed E-state index contributed by atoms with van der Waals surface area (Å²) < 4.78 is 24.3. The van der Waals surface area contributed by atoms with Crippen LogP contribution in [0.25, 0.3) is 0 Å². The zero-order valence-electron chi connectivity index (χ0n) is 10.9. The van der Waals surface area contributed by atoms with Crippen molar-refractivity contribution in [3.05, 3.63) is 41.7 Å². The van der Waals surface area contributed by atoms with Crippen LogP contribution in [0.5, 0.6) is 11.5 Å². The minimum Gasteiger partial charge on any atom is -0.454 e. The molecule has 0 saturated heterocycles. The number of carbonyl (C=O) groups excluding carboxylic acids is 1. The van der Waals surface area contributed by atoms with E-state index >= 15 is 0 Å². The zero-order valence-corrected chi connectivity index (χ0v) is 10.9. The summed E-state index contributed by atoms with van der Waals surface area (Å²) in [6, 6.07) is 7.40. The third-order valence-corrected chi connectivity index (χ3v) is 3.06. The highest BCUT2D eigenvalue weighted by Crippen LogP contribution is 2.35. The number of nitrogens with two attached hydrogens (primary N) is 2. The van der Waals surface area contributed by atoms with Crippen LogP contribution in [0, 0.1) is 5.82 Å². The van der Waals surface area contributed by atoms with Gasteiger partial charge in [-0.15, -0.1) is 0 Å². The molecule has 1 heterocycles. The van der Waals surface area contributed by atoms with Crippen molar-refractivity contribution in [2.45, 2.75) is 0 Å². The Bertz CT molecular complexity index is 734. The van der Waals surface area contributed by atoms with Crippen LogP contribution < -0.4 is 26.3 Å². The van der Waals surface area contributed by atoms with E-state index in [0.29, 0.717) is 17.2 Å². The first-order valence-corrected chi connectivity index (χ1v) is 6.10. The SMILES string of the molecule is NC(=O)c1cc(Nc2ccc3c(c2)OCO3)c(F)cc1N. The minimum atomic E-state index is -0.721. The van der Waals surface area contributed by atoms with Gasteiger partial charge in [-0.25, -0.2) is 4.39 Å². The Labute approximate surface area is 119 Å². The lowest BCUT2D eigenvalue weighted by molar-refractivity contribution is 0.100. The number of benzene rings is 2. The van der Waals surface area contributed by atoms with Gasteiger partial charge in [-0.3, -0.25) is 4.79 Å². The van der Waals surface area contributed by atoms with Crippen LogP contribution in [0.1, 0.15) is 10.4 Å². The summed E-state index contributed by atoms with van der Waals surface area (Å²) in [6.07, 6.45) is 0. The molecule has 2 aromatic rings. The molecule has 3 rings (SSSR count). The van der Waals surface area contributed by atoms with Crippen molar-refractivity contribution in [1.82, 2.24) is 0 Å². The summed E-state index contributed by atoms with van der Waals surface area (Å²) in [5, 5.41) is 2.85. The molecular formula is C14H12FN3O3. The molecule has 0 saturated carbocycles. The summed E-state index contributed by atoms with van der Waals surface area (Å²) in [5.74, 6) is -0.126. The third kappa shape index (κ3) is 2.40. The number of carbonyl (C=O) groups is 1. The van der Waals surface area contributed by atoms with E-state index in [2.05, 4.69) is 5.32 Å².